The van der Waals surface area contributed by atoms with Gasteiger partial charge in [-0.3, -0.25) is 14.4 Å². The van der Waals surface area contributed by atoms with Crippen molar-refractivity contribution in [1.29, 1.82) is 0 Å². The number of hydrogen-bond acceptors (Lipinski definition) is 9. The Labute approximate surface area is 382 Å². The van der Waals surface area contributed by atoms with Gasteiger partial charge in [0.2, 0.25) is 17.7 Å². The zero-order valence-corrected chi connectivity index (χ0v) is 38.1. The van der Waals surface area contributed by atoms with E-state index in [1.165, 1.54) is 14.2 Å². The van der Waals surface area contributed by atoms with E-state index >= 15 is 0 Å². The molecule has 2 fully saturated rings. The lowest BCUT2D eigenvalue weighted by Crippen LogP contribution is -2.51. The van der Waals surface area contributed by atoms with Crippen molar-refractivity contribution in [1.82, 2.24) is 40.4 Å². The number of fused-ring (bicyclic) bond motifs is 6. The number of rotatable bonds is 13. The Hall–Kier alpha value is -6.84. The summed E-state index contributed by atoms with van der Waals surface area (Å²) in [5.41, 5.74) is 6.20. The van der Waals surface area contributed by atoms with E-state index in [9.17, 15) is 19.2 Å². The van der Waals surface area contributed by atoms with Gasteiger partial charge >= 0.3 is 6.09 Å². The first-order chi connectivity index (χ1) is 31.9. The lowest BCUT2D eigenvalue weighted by molar-refractivity contribution is -0.138. The number of aromatic amines is 2. The van der Waals surface area contributed by atoms with Crippen molar-refractivity contribution in [2.24, 2.45) is 17.8 Å². The molecular weight excluding hydrogens is 837 g/mol. The maximum absolute atomic E-state index is 14.5. The number of likely N-dealkylation sites (tertiary alicyclic amines) is 2. The highest BCUT2D eigenvalue weighted by molar-refractivity contribution is 6.07. The van der Waals surface area contributed by atoms with Gasteiger partial charge in [0, 0.05) is 44.0 Å². The molecule has 5 aromatic carbocycles. The van der Waals surface area contributed by atoms with Crippen molar-refractivity contribution in [2.75, 3.05) is 47.6 Å². The monoisotopic (exact) mass is 892 g/mol. The average molecular weight is 893 g/mol. The number of methoxy groups -OCH3 is 3. The molecule has 342 valence electrons. The molecule has 15 heteroatoms. The predicted molar refractivity (Wildman–Crippen MR) is 252 cm³/mol. The fraction of sp³-hybridized carbons (Fsp3) is 0.373. The van der Waals surface area contributed by atoms with E-state index < -0.39 is 18.2 Å². The van der Waals surface area contributed by atoms with E-state index in [0.29, 0.717) is 37.5 Å². The van der Waals surface area contributed by atoms with Crippen molar-refractivity contribution >= 4 is 67.4 Å². The Morgan fingerprint density at radius 1 is 0.712 bits per heavy atom. The molecule has 0 saturated carbocycles. The zero-order chi connectivity index (χ0) is 46.2. The van der Waals surface area contributed by atoms with Crippen molar-refractivity contribution in [3.8, 4) is 11.1 Å². The summed E-state index contributed by atoms with van der Waals surface area (Å²) in [5.74, 6) is 0.872. The van der Waals surface area contributed by atoms with Gasteiger partial charge in [-0.15, -0.1) is 0 Å². The van der Waals surface area contributed by atoms with E-state index in [-0.39, 0.29) is 54.2 Å². The summed E-state index contributed by atoms with van der Waals surface area (Å²) in [6.45, 7) is 7.30. The second-order valence-electron chi connectivity index (χ2n) is 18.2. The van der Waals surface area contributed by atoms with E-state index in [1.54, 1.807) is 7.11 Å². The summed E-state index contributed by atoms with van der Waals surface area (Å²) < 4.78 is 15.5. The Balaban J connectivity index is 0.991. The number of ether oxygens (including phenoxy) is 3. The van der Waals surface area contributed by atoms with Gasteiger partial charge in [0.05, 0.1) is 47.9 Å². The number of carbonyl (C=O) groups is 4. The minimum Gasteiger partial charge on any atom is -0.453 e. The second kappa shape index (κ2) is 18.6. The lowest BCUT2D eigenvalue weighted by Gasteiger charge is -2.30. The van der Waals surface area contributed by atoms with Crippen LogP contribution in [0.15, 0.2) is 91.0 Å². The third-order valence-corrected chi connectivity index (χ3v) is 13.2. The summed E-state index contributed by atoms with van der Waals surface area (Å²) in [7, 11) is 4.41. The molecule has 2 aromatic heterocycles. The molecule has 0 radical (unpaired) electrons. The molecule has 4 amide bonds. The van der Waals surface area contributed by atoms with Crippen molar-refractivity contribution < 1.29 is 33.4 Å². The van der Waals surface area contributed by atoms with E-state index in [4.69, 9.17) is 24.2 Å². The van der Waals surface area contributed by atoms with Gasteiger partial charge in [0.1, 0.15) is 30.3 Å². The maximum Gasteiger partial charge on any atom is 0.407 e. The molecule has 0 unspecified atom stereocenters. The first-order valence-corrected chi connectivity index (χ1v) is 22.6. The fourth-order valence-electron chi connectivity index (χ4n) is 9.96. The van der Waals surface area contributed by atoms with Crippen LogP contribution in [0, 0.1) is 17.8 Å². The molecule has 7 aromatic rings. The lowest BCUT2D eigenvalue weighted by atomic mass is 9.98. The second-order valence-corrected chi connectivity index (χ2v) is 18.2. The number of aromatic nitrogens is 4. The summed E-state index contributed by atoms with van der Waals surface area (Å²) in [5, 5.41) is 9.69. The number of H-pyrrole nitrogens is 2. The molecular formula is C51H56N8O7. The Morgan fingerprint density at radius 2 is 1.30 bits per heavy atom. The zero-order valence-electron chi connectivity index (χ0n) is 38.1. The van der Waals surface area contributed by atoms with Crippen LogP contribution in [-0.2, 0) is 28.6 Å². The van der Waals surface area contributed by atoms with Crippen LogP contribution in [0.25, 0.3) is 54.7 Å². The molecule has 2 saturated heterocycles. The van der Waals surface area contributed by atoms with Crippen LogP contribution >= 0.6 is 0 Å². The molecule has 66 heavy (non-hydrogen) atoms. The molecule has 4 heterocycles. The topological polar surface area (TPSA) is 184 Å². The third kappa shape index (κ3) is 8.56. The Kier molecular flexibility index (Phi) is 12.5. The SMILES string of the molecule is COCC(=O)N[C@@H](C(=O)N1C[C@@H](COC)C[C@H]1c1nc2c(ccc3cc(-c4ccc5c(ccc6[nH]c([C@@H]7C[C@H](C)CN7C(=O)[C@@H](NC(=O)OC)C(C)C)nc65)c4)ccc32)[nH]1)c1ccccc1. The highest BCUT2D eigenvalue weighted by Crippen LogP contribution is 2.40. The van der Waals surface area contributed by atoms with Crippen LogP contribution in [0.5, 0.6) is 0 Å². The van der Waals surface area contributed by atoms with Gasteiger partial charge in [-0.05, 0) is 76.4 Å². The standard InChI is InChI=1S/C51H56N8O7/c1-28(2)43(57-51(63)66-6)49(61)58-24-29(3)20-40(58)47-52-38-18-14-34-22-32(12-16-36(34)45(38)55-47)33-13-17-37-35(23-33)15-19-39-46(37)56-48(53-39)41-21-30(26-64-4)25-59(41)50(62)44(54-42(60)27-65-5)31-10-8-7-9-11-31/h7-19,22-23,28-30,40-41,43-44H,20-21,24-27H2,1-6H3,(H,52,55)(H,53,56)(H,54,60)(H,57,63)/t29-,30-,40-,41-,43-,44+/m0/s1. The number of imidazole rings is 2. The van der Waals surface area contributed by atoms with Gasteiger partial charge in [0.25, 0.3) is 0 Å². The summed E-state index contributed by atoms with van der Waals surface area (Å²) >= 11 is 0. The van der Waals surface area contributed by atoms with Crippen LogP contribution in [0.4, 0.5) is 4.79 Å². The highest BCUT2D eigenvalue weighted by atomic mass is 16.5. The minimum absolute atomic E-state index is 0.0775. The number of nitrogens with zero attached hydrogens (tertiary/aromatic N) is 4. The van der Waals surface area contributed by atoms with Crippen LogP contribution < -0.4 is 10.6 Å². The van der Waals surface area contributed by atoms with Crippen LogP contribution in [0.2, 0.25) is 0 Å². The van der Waals surface area contributed by atoms with Crippen LogP contribution in [0.1, 0.15) is 69.0 Å². The molecule has 2 aliphatic heterocycles. The van der Waals surface area contributed by atoms with E-state index in [0.717, 1.165) is 67.0 Å². The van der Waals surface area contributed by atoms with E-state index in [2.05, 4.69) is 76.1 Å². The molecule has 0 spiro atoms. The molecule has 0 aliphatic carbocycles. The van der Waals surface area contributed by atoms with Crippen LogP contribution in [-0.4, -0.2) is 107 Å². The quantitative estimate of drug-likeness (QED) is 0.0900. The number of carbonyl (C=O) groups excluding carboxylic acids is 4. The van der Waals surface area contributed by atoms with Crippen LogP contribution in [0.3, 0.4) is 0 Å². The van der Waals surface area contributed by atoms with Crippen molar-refractivity contribution in [2.45, 2.75) is 57.8 Å². The van der Waals surface area contributed by atoms with Gasteiger partial charge in [-0.25, -0.2) is 14.8 Å². The van der Waals surface area contributed by atoms with Gasteiger partial charge < -0.3 is 44.6 Å². The Bertz CT molecular complexity index is 2950. The summed E-state index contributed by atoms with van der Waals surface area (Å²) in [6.07, 6.45) is 0.772. The number of nitrogens with one attached hydrogen (secondary N) is 4. The van der Waals surface area contributed by atoms with Gasteiger partial charge in [-0.2, -0.15) is 0 Å². The molecule has 0 bridgehead atoms. The van der Waals surface area contributed by atoms with Gasteiger partial charge in [0.15, 0.2) is 0 Å². The molecule has 6 atom stereocenters. The fourth-order valence-corrected chi connectivity index (χ4v) is 9.96. The number of benzene rings is 5. The van der Waals surface area contributed by atoms with Crippen molar-refractivity contribution in [3.05, 3.63) is 108 Å². The maximum atomic E-state index is 14.5. The van der Waals surface area contributed by atoms with Crippen molar-refractivity contribution in [3.63, 3.8) is 0 Å². The summed E-state index contributed by atoms with van der Waals surface area (Å²) in [4.78, 5) is 74.4. The molecule has 2 aliphatic rings. The number of alkyl carbamates (subject to hydrolysis) is 1. The van der Waals surface area contributed by atoms with E-state index in [1.807, 2.05) is 66.1 Å². The largest absolute Gasteiger partial charge is 0.453 e. The smallest absolute Gasteiger partial charge is 0.407 e. The normalized spacial score (nSPS) is 19.6. The number of hydrogen-bond donors (Lipinski definition) is 4. The third-order valence-electron chi connectivity index (χ3n) is 13.2. The number of amides is 4. The minimum atomic E-state index is -0.898. The Morgan fingerprint density at radius 3 is 1.86 bits per heavy atom. The molecule has 9 rings (SSSR count). The predicted octanol–water partition coefficient (Wildman–Crippen LogP) is 7.74. The highest BCUT2D eigenvalue weighted by Gasteiger charge is 2.42. The average Bonchev–Trinajstić information content (AvgIpc) is 4.14. The first-order valence-electron chi connectivity index (χ1n) is 22.6. The first kappa shape index (κ1) is 44.4. The summed E-state index contributed by atoms with van der Waals surface area (Å²) in [6, 6.07) is 28.1. The molecule has 4 N–H and O–H groups in total. The van der Waals surface area contributed by atoms with Gasteiger partial charge in [-0.1, -0.05) is 87.5 Å². The molecule has 15 nitrogen and oxygen atoms in total.